The molecule has 1 aliphatic heterocycles. The Kier molecular flexibility index (Phi) is 4.71. The molecule has 0 atom stereocenters. The Morgan fingerprint density at radius 1 is 1.07 bits per heavy atom. The highest BCUT2D eigenvalue weighted by molar-refractivity contribution is 6.05. The maximum Gasteiger partial charge on any atom is 0.255 e. The van der Waals surface area contributed by atoms with E-state index in [2.05, 4.69) is 20.2 Å². The van der Waals surface area contributed by atoms with E-state index in [0.717, 1.165) is 42.7 Å². The summed E-state index contributed by atoms with van der Waals surface area (Å²) in [7, 11) is 0. The van der Waals surface area contributed by atoms with Crippen molar-refractivity contribution in [2.45, 2.75) is 26.2 Å². The predicted octanol–water partition coefficient (Wildman–Crippen LogP) is 4.32. The van der Waals surface area contributed by atoms with E-state index in [1.165, 1.54) is 12.5 Å². The highest BCUT2D eigenvalue weighted by Gasteiger charge is 2.16. The highest BCUT2D eigenvalue weighted by atomic mass is 19.1. The summed E-state index contributed by atoms with van der Waals surface area (Å²) < 4.78 is 13.7. The number of amides is 1. The molecule has 2 heterocycles. The molecule has 4 rings (SSSR count). The fraction of sp³-hybridized carbons (Fsp3) is 0.286. The van der Waals surface area contributed by atoms with E-state index in [1.54, 1.807) is 31.5 Å². The van der Waals surface area contributed by atoms with Gasteiger partial charge in [-0.15, -0.1) is 0 Å². The number of aromatic nitrogens is 2. The molecule has 0 unspecified atom stereocenters. The molecule has 1 aromatic heterocycles. The number of carbonyl (C=O) groups excluding carboxylic acids is 1. The molecule has 6 heteroatoms. The van der Waals surface area contributed by atoms with Gasteiger partial charge in [-0.1, -0.05) is 6.07 Å². The van der Waals surface area contributed by atoms with Gasteiger partial charge in [0.05, 0.1) is 5.52 Å². The lowest BCUT2D eigenvalue weighted by Crippen LogP contribution is -2.30. The average molecular weight is 364 g/mol. The first-order valence-electron chi connectivity index (χ1n) is 9.19. The molecule has 0 radical (unpaired) electrons. The second kappa shape index (κ2) is 7.31. The van der Waals surface area contributed by atoms with Gasteiger partial charge in [-0.3, -0.25) is 4.79 Å². The standard InChI is InChI=1S/C21H21FN4O/c1-14-5-6-15(11-18(14)22)21(27)25-16-7-8-19-17(12-16)20(24-13-23-19)26-9-3-2-4-10-26/h5-8,11-13H,2-4,9-10H2,1H3,(H,25,27). The van der Waals surface area contributed by atoms with Crippen molar-refractivity contribution in [3.8, 4) is 0 Å². The summed E-state index contributed by atoms with van der Waals surface area (Å²) in [5.41, 5.74) is 2.28. The normalized spacial score (nSPS) is 14.4. The van der Waals surface area contributed by atoms with Crippen molar-refractivity contribution in [1.82, 2.24) is 9.97 Å². The van der Waals surface area contributed by atoms with Gasteiger partial charge in [0.15, 0.2) is 0 Å². The molecule has 1 aliphatic rings. The van der Waals surface area contributed by atoms with Gasteiger partial charge in [0.1, 0.15) is 18.0 Å². The van der Waals surface area contributed by atoms with E-state index in [9.17, 15) is 9.18 Å². The number of carbonyl (C=O) groups is 1. The van der Waals surface area contributed by atoms with E-state index in [-0.39, 0.29) is 11.7 Å². The van der Waals surface area contributed by atoms with E-state index in [1.807, 2.05) is 12.1 Å². The third-order valence-electron chi connectivity index (χ3n) is 4.96. The lowest BCUT2D eigenvalue weighted by atomic mass is 10.1. The molecule has 1 saturated heterocycles. The quantitative estimate of drug-likeness (QED) is 0.752. The molecule has 1 fully saturated rings. The molecular formula is C21H21FN4O. The zero-order chi connectivity index (χ0) is 18.8. The van der Waals surface area contributed by atoms with Crippen LogP contribution >= 0.6 is 0 Å². The Labute approximate surface area is 157 Å². The Morgan fingerprint density at radius 3 is 2.67 bits per heavy atom. The third-order valence-corrected chi connectivity index (χ3v) is 4.96. The molecule has 138 valence electrons. The van der Waals surface area contributed by atoms with Crippen LogP contribution in [-0.2, 0) is 0 Å². The monoisotopic (exact) mass is 364 g/mol. The van der Waals surface area contributed by atoms with E-state index < -0.39 is 0 Å². The number of halogens is 1. The number of anilines is 2. The molecule has 1 amide bonds. The molecule has 27 heavy (non-hydrogen) atoms. The molecule has 0 spiro atoms. The van der Waals surface area contributed by atoms with Crippen LogP contribution in [0.15, 0.2) is 42.7 Å². The molecule has 2 aromatic carbocycles. The first-order chi connectivity index (χ1) is 13.1. The van der Waals surface area contributed by atoms with Crippen LogP contribution in [0, 0.1) is 12.7 Å². The van der Waals surface area contributed by atoms with Crippen molar-refractivity contribution < 1.29 is 9.18 Å². The molecule has 5 nitrogen and oxygen atoms in total. The fourth-order valence-corrected chi connectivity index (χ4v) is 3.42. The number of fused-ring (bicyclic) bond motifs is 1. The summed E-state index contributed by atoms with van der Waals surface area (Å²) in [4.78, 5) is 23.6. The Hall–Kier alpha value is -3.02. The van der Waals surface area contributed by atoms with Crippen molar-refractivity contribution in [2.24, 2.45) is 0 Å². The average Bonchev–Trinajstić information content (AvgIpc) is 2.70. The number of benzene rings is 2. The number of hydrogen-bond donors (Lipinski definition) is 1. The fourth-order valence-electron chi connectivity index (χ4n) is 3.42. The number of rotatable bonds is 3. The van der Waals surface area contributed by atoms with E-state index in [4.69, 9.17) is 0 Å². The minimum atomic E-state index is -0.387. The molecule has 0 bridgehead atoms. The Balaban J connectivity index is 1.64. The van der Waals surface area contributed by atoms with Gasteiger partial charge in [-0.25, -0.2) is 14.4 Å². The van der Waals surface area contributed by atoms with Crippen LogP contribution in [0.5, 0.6) is 0 Å². The largest absolute Gasteiger partial charge is 0.356 e. The van der Waals surface area contributed by atoms with E-state index >= 15 is 0 Å². The summed E-state index contributed by atoms with van der Waals surface area (Å²) in [6, 6.07) is 10.0. The van der Waals surface area contributed by atoms with Crippen LogP contribution in [-0.4, -0.2) is 29.0 Å². The Bertz CT molecular complexity index is 999. The molecule has 0 saturated carbocycles. The highest BCUT2D eigenvalue weighted by Crippen LogP contribution is 2.28. The van der Waals surface area contributed by atoms with Crippen molar-refractivity contribution in [2.75, 3.05) is 23.3 Å². The van der Waals surface area contributed by atoms with Gasteiger partial charge in [-0.2, -0.15) is 0 Å². The van der Waals surface area contributed by atoms with Crippen LogP contribution < -0.4 is 10.2 Å². The molecule has 1 N–H and O–H groups in total. The van der Waals surface area contributed by atoms with Gasteiger partial charge in [0, 0.05) is 29.7 Å². The van der Waals surface area contributed by atoms with Crippen LogP contribution in [0.2, 0.25) is 0 Å². The zero-order valence-electron chi connectivity index (χ0n) is 15.2. The first-order valence-corrected chi connectivity index (χ1v) is 9.19. The zero-order valence-corrected chi connectivity index (χ0v) is 15.2. The van der Waals surface area contributed by atoms with Gasteiger partial charge in [0.25, 0.3) is 5.91 Å². The predicted molar refractivity (Wildman–Crippen MR) is 105 cm³/mol. The van der Waals surface area contributed by atoms with Crippen LogP contribution in [0.3, 0.4) is 0 Å². The summed E-state index contributed by atoms with van der Waals surface area (Å²) in [6.45, 7) is 3.62. The number of hydrogen-bond acceptors (Lipinski definition) is 4. The number of nitrogens with zero attached hydrogens (tertiary/aromatic N) is 3. The van der Waals surface area contributed by atoms with Crippen molar-refractivity contribution in [1.29, 1.82) is 0 Å². The minimum Gasteiger partial charge on any atom is -0.356 e. The second-order valence-corrected chi connectivity index (χ2v) is 6.89. The first kappa shape index (κ1) is 17.4. The van der Waals surface area contributed by atoms with Crippen molar-refractivity contribution >= 4 is 28.3 Å². The minimum absolute atomic E-state index is 0.291. The van der Waals surface area contributed by atoms with Gasteiger partial charge in [0.2, 0.25) is 0 Å². The maximum absolute atomic E-state index is 13.7. The van der Waals surface area contributed by atoms with Gasteiger partial charge >= 0.3 is 0 Å². The van der Waals surface area contributed by atoms with Gasteiger partial charge < -0.3 is 10.2 Å². The molecule has 0 aliphatic carbocycles. The van der Waals surface area contributed by atoms with Gasteiger partial charge in [-0.05, 0) is 62.1 Å². The number of aryl methyl sites for hydroxylation is 1. The lowest BCUT2D eigenvalue weighted by molar-refractivity contribution is 0.102. The van der Waals surface area contributed by atoms with Crippen LogP contribution in [0.1, 0.15) is 35.2 Å². The van der Waals surface area contributed by atoms with E-state index in [0.29, 0.717) is 16.8 Å². The summed E-state index contributed by atoms with van der Waals surface area (Å²) in [5.74, 6) is 0.170. The number of piperidine rings is 1. The topological polar surface area (TPSA) is 58.1 Å². The Morgan fingerprint density at radius 2 is 1.89 bits per heavy atom. The third kappa shape index (κ3) is 3.60. The summed E-state index contributed by atoms with van der Waals surface area (Å²) in [6.07, 6.45) is 5.13. The number of nitrogens with one attached hydrogen (secondary N) is 1. The second-order valence-electron chi connectivity index (χ2n) is 6.89. The summed E-state index contributed by atoms with van der Waals surface area (Å²) >= 11 is 0. The van der Waals surface area contributed by atoms with Crippen molar-refractivity contribution in [3.05, 3.63) is 59.7 Å². The molecular weight excluding hydrogens is 343 g/mol. The summed E-state index contributed by atoms with van der Waals surface area (Å²) in [5, 5.41) is 3.76. The molecule has 3 aromatic rings. The SMILES string of the molecule is Cc1ccc(C(=O)Nc2ccc3ncnc(N4CCCCC4)c3c2)cc1F. The maximum atomic E-state index is 13.7. The smallest absolute Gasteiger partial charge is 0.255 e. The van der Waals surface area contributed by atoms with Crippen LogP contribution in [0.25, 0.3) is 10.9 Å². The van der Waals surface area contributed by atoms with Crippen molar-refractivity contribution in [3.63, 3.8) is 0 Å². The van der Waals surface area contributed by atoms with Crippen LogP contribution in [0.4, 0.5) is 15.9 Å². The lowest BCUT2D eigenvalue weighted by Gasteiger charge is -2.28.